The van der Waals surface area contributed by atoms with Crippen molar-refractivity contribution in [2.45, 2.75) is 24.8 Å². The van der Waals surface area contributed by atoms with Gasteiger partial charge in [0, 0.05) is 29.1 Å². The van der Waals surface area contributed by atoms with Crippen molar-refractivity contribution in [2.75, 3.05) is 12.8 Å². The molecule has 100 valence electrons. The molecule has 0 aliphatic rings. The Balaban J connectivity index is 2.07. The summed E-state index contributed by atoms with van der Waals surface area (Å²) in [6.07, 6.45) is 3.68. The van der Waals surface area contributed by atoms with Gasteiger partial charge in [-0.1, -0.05) is 29.3 Å². The zero-order valence-electron chi connectivity index (χ0n) is 11.7. The molecule has 2 rings (SSSR count). The van der Waals surface area contributed by atoms with Crippen LogP contribution < -0.4 is 5.32 Å². The molecule has 0 aliphatic heterocycles. The summed E-state index contributed by atoms with van der Waals surface area (Å²) in [6.45, 7) is 4.30. The molecule has 1 aromatic carbocycles. The third-order valence-electron chi connectivity index (χ3n) is 3.06. The van der Waals surface area contributed by atoms with Gasteiger partial charge in [-0.25, -0.2) is 0 Å². The maximum atomic E-state index is 4.05. The summed E-state index contributed by atoms with van der Waals surface area (Å²) in [5.74, 6) is 1.02. The molecule has 19 heavy (non-hydrogen) atoms. The quantitative estimate of drug-likeness (QED) is 0.839. The Labute approximate surface area is 119 Å². The standard InChI is InChI=1S/C16H20N2S/c1-12-8-13(2)10-14(9-12)16(17-3)11-19-15-4-6-18-7-5-15/h4-10,16-17H,11H2,1-3H3. The third-order valence-corrected chi connectivity index (χ3v) is 4.17. The molecular weight excluding hydrogens is 252 g/mol. The second kappa shape index (κ2) is 6.73. The summed E-state index contributed by atoms with van der Waals surface area (Å²) in [5, 5.41) is 3.41. The minimum Gasteiger partial charge on any atom is -0.312 e. The first-order valence-corrected chi connectivity index (χ1v) is 7.46. The maximum Gasteiger partial charge on any atom is 0.0413 e. The highest BCUT2D eigenvalue weighted by molar-refractivity contribution is 7.99. The van der Waals surface area contributed by atoms with E-state index in [0.29, 0.717) is 6.04 Å². The molecule has 0 amide bonds. The van der Waals surface area contributed by atoms with Crippen LogP contribution in [0.25, 0.3) is 0 Å². The van der Waals surface area contributed by atoms with Gasteiger partial charge in [-0.2, -0.15) is 0 Å². The number of nitrogens with one attached hydrogen (secondary N) is 1. The lowest BCUT2D eigenvalue weighted by atomic mass is 10.0. The molecule has 0 bridgehead atoms. The molecule has 1 N–H and O–H groups in total. The van der Waals surface area contributed by atoms with Gasteiger partial charge >= 0.3 is 0 Å². The molecule has 2 aromatic rings. The monoisotopic (exact) mass is 272 g/mol. The molecule has 3 heteroatoms. The number of hydrogen-bond donors (Lipinski definition) is 1. The highest BCUT2D eigenvalue weighted by Gasteiger charge is 2.10. The Kier molecular flexibility index (Phi) is 5.00. The van der Waals surface area contributed by atoms with Crippen molar-refractivity contribution < 1.29 is 0 Å². The Morgan fingerprint density at radius 3 is 2.32 bits per heavy atom. The predicted octanol–water partition coefficient (Wildman–Crippen LogP) is 3.75. The molecule has 1 heterocycles. The van der Waals surface area contributed by atoms with Crippen LogP contribution in [0.2, 0.25) is 0 Å². The van der Waals surface area contributed by atoms with Gasteiger partial charge in [0.15, 0.2) is 0 Å². The van der Waals surface area contributed by atoms with E-state index < -0.39 is 0 Å². The van der Waals surface area contributed by atoms with Crippen LogP contribution >= 0.6 is 11.8 Å². The zero-order valence-corrected chi connectivity index (χ0v) is 12.5. The van der Waals surface area contributed by atoms with Crippen LogP contribution in [0.15, 0.2) is 47.6 Å². The van der Waals surface area contributed by atoms with Crippen molar-refractivity contribution in [1.29, 1.82) is 0 Å². The van der Waals surface area contributed by atoms with E-state index >= 15 is 0 Å². The van der Waals surface area contributed by atoms with Crippen LogP contribution in [0.3, 0.4) is 0 Å². The molecule has 1 aromatic heterocycles. The summed E-state index contributed by atoms with van der Waals surface area (Å²) in [6, 6.07) is 11.2. The van der Waals surface area contributed by atoms with Crippen LogP contribution in [0.5, 0.6) is 0 Å². The van der Waals surface area contributed by atoms with Gasteiger partial charge in [0.25, 0.3) is 0 Å². The first-order chi connectivity index (χ1) is 9.19. The molecular formula is C16H20N2S. The van der Waals surface area contributed by atoms with Gasteiger partial charge in [0.2, 0.25) is 0 Å². The highest BCUT2D eigenvalue weighted by atomic mass is 32.2. The molecule has 0 aliphatic carbocycles. The molecule has 0 saturated heterocycles. The van der Waals surface area contributed by atoms with E-state index in [1.165, 1.54) is 21.6 Å². The van der Waals surface area contributed by atoms with E-state index in [-0.39, 0.29) is 0 Å². The first-order valence-electron chi connectivity index (χ1n) is 6.47. The Hall–Kier alpha value is -1.32. The number of thioether (sulfide) groups is 1. The van der Waals surface area contributed by atoms with Crippen LogP contribution in [-0.2, 0) is 0 Å². The summed E-state index contributed by atoms with van der Waals surface area (Å²) < 4.78 is 0. The van der Waals surface area contributed by atoms with E-state index in [4.69, 9.17) is 0 Å². The molecule has 2 nitrogen and oxygen atoms in total. The number of rotatable bonds is 5. The van der Waals surface area contributed by atoms with E-state index in [9.17, 15) is 0 Å². The van der Waals surface area contributed by atoms with Gasteiger partial charge in [0.05, 0.1) is 0 Å². The number of pyridine rings is 1. The summed E-state index contributed by atoms with van der Waals surface area (Å²) in [5.41, 5.74) is 4.01. The lowest BCUT2D eigenvalue weighted by molar-refractivity contribution is 0.661. The van der Waals surface area contributed by atoms with Gasteiger partial charge in [-0.15, -0.1) is 11.8 Å². The van der Waals surface area contributed by atoms with E-state index in [1.54, 1.807) is 0 Å². The van der Waals surface area contributed by atoms with Crippen LogP contribution in [0.1, 0.15) is 22.7 Å². The number of benzene rings is 1. The zero-order chi connectivity index (χ0) is 13.7. The first kappa shape index (κ1) is 14.1. The SMILES string of the molecule is CNC(CSc1ccncc1)c1cc(C)cc(C)c1. The minimum absolute atomic E-state index is 0.372. The van der Waals surface area contributed by atoms with Crippen molar-refractivity contribution in [1.82, 2.24) is 10.3 Å². The molecule has 0 saturated carbocycles. The summed E-state index contributed by atoms with van der Waals surface area (Å²) >= 11 is 1.86. The van der Waals surface area contributed by atoms with E-state index in [2.05, 4.69) is 54.5 Å². The number of nitrogens with zero attached hydrogens (tertiary/aromatic N) is 1. The minimum atomic E-state index is 0.372. The molecule has 1 unspecified atom stereocenters. The normalized spacial score (nSPS) is 12.4. The molecule has 0 radical (unpaired) electrons. The molecule has 1 atom stereocenters. The Morgan fingerprint density at radius 2 is 1.74 bits per heavy atom. The number of aryl methyl sites for hydroxylation is 2. The fourth-order valence-corrected chi connectivity index (χ4v) is 3.20. The van der Waals surface area contributed by atoms with E-state index in [0.717, 1.165) is 5.75 Å². The van der Waals surface area contributed by atoms with Gasteiger partial charge in [-0.3, -0.25) is 4.98 Å². The van der Waals surface area contributed by atoms with Crippen LogP contribution in [0, 0.1) is 13.8 Å². The predicted molar refractivity (Wildman–Crippen MR) is 82.7 cm³/mol. The summed E-state index contributed by atoms with van der Waals surface area (Å²) in [7, 11) is 2.02. The second-order valence-electron chi connectivity index (χ2n) is 4.76. The lowest BCUT2D eigenvalue weighted by Gasteiger charge is -2.17. The second-order valence-corrected chi connectivity index (χ2v) is 5.85. The van der Waals surface area contributed by atoms with Gasteiger partial charge in [-0.05, 0) is 38.6 Å². The largest absolute Gasteiger partial charge is 0.312 e. The Morgan fingerprint density at radius 1 is 1.11 bits per heavy atom. The van der Waals surface area contributed by atoms with Crippen molar-refractivity contribution in [3.05, 3.63) is 59.4 Å². The van der Waals surface area contributed by atoms with Crippen LogP contribution in [0.4, 0.5) is 0 Å². The van der Waals surface area contributed by atoms with Gasteiger partial charge in [0.1, 0.15) is 0 Å². The van der Waals surface area contributed by atoms with Crippen molar-refractivity contribution in [3.8, 4) is 0 Å². The topological polar surface area (TPSA) is 24.9 Å². The highest BCUT2D eigenvalue weighted by Crippen LogP contribution is 2.25. The van der Waals surface area contributed by atoms with Crippen LogP contribution in [-0.4, -0.2) is 17.8 Å². The Bertz CT molecular complexity index is 505. The average molecular weight is 272 g/mol. The fourth-order valence-electron chi connectivity index (χ4n) is 2.17. The van der Waals surface area contributed by atoms with Gasteiger partial charge < -0.3 is 5.32 Å². The average Bonchev–Trinajstić information content (AvgIpc) is 2.39. The third kappa shape index (κ3) is 4.08. The fraction of sp³-hybridized carbons (Fsp3) is 0.312. The summed E-state index contributed by atoms with van der Waals surface area (Å²) in [4.78, 5) is 5.31. The van der Waals surface area contributed by atoms with Crippen molar-refractivity contribution in [3.63, 3.8) is 0 Å². The van der Waals surface area contributed by atoms with Crippen molar-refractivity contribution >= 4 is 11.8 Å². The lowest BCUT2D eigenvalue weighted by Crippen LogP contribution is -2.19. The van der Waals surface area contributed by atoms with E-state index in [1.807, 2.05) is 31.2 Å². The maximum absolute atomic E-state index is 4.05. The number of aromatic nitrogens is 1. The molecule has 0 spiro atoms. The smallest absolute Gasteiger partial charge is 0.0413 e. The molecule has 0 fully saturated rings. The number of hydrogen-bond acceptors (Lipinski definition) is 3. The van der Waals surface area contributed by atoms with Crippen molar-refractivity contribution in [2.24, 2.45) is 0 Å².